The summed E-state index contributed by atoms with van der Waals surface area (Å²) in [6.07, 6.45) is 6.63. The van der Waals surface area contributed by atoms with Gasteiger partial charge in [0.25, 0.3) is 0 Å². The molecular weight excluding hydrogens is 296 g/mol. The molecule has 124 valence electrons. The minimum absolute atomic E-state index is 0.241. The molecule has 1 saturated carbocycles. The topological polar surface area (TPSA) is 26.3 Å². The first-order valence-corrected chi connectivity index (χ1v) is 9.01. The fraction of sp³-hybridized carbons (Fsp3) is 0.409. The third-order valence-corrected chi connectivity index (χ3v) is 5.99. The van der Waals surface area contributed by atoms with Crippen LogP contribution in [0.3, 0.4) is 0 Å². The van der Waals surface area contributed by atoms with Gasteiger partial charge in [0.2, 0.25) is 0 Å². The number of benzene rings is 2. The lowest BCUT2D eigenvalue weighted by Crippen LogP contribution is -2.33. The van der Waals surface area contributed by atoms with E-state index in [0.29, 0.717) is 11.7 Å². The zero-order chi connectivity index (χ0) is 16.6. The molecule has 0 bridgehead atoms. The van der Waals surface area contributed by atoms with Crippen molar-refractivity contribution in [1.82, 2.24) is 0 Å². The first-order chi connectivity index (χ1) is 11.7. The number of methoxy groups -OCH3 is 1. The molecule has 0 heterocycles. The van der Waals surface area contributed by atoms with Gasteiger partial charge in [0, 0.05) is 11.0 Å². The van der Waals surface area contributed by atoms with E-state index in [2.05, 4.69) is 24.3 Å². The number of hydrogen-bond donors (Lipinski definition) is 0. The van der Waals surface area contributed by atoms with Crippen LogP contribution in [0, 0.1) is 5.41 Å². The average molecular weight is 320 g/mol. The fourth-order valence-electron chi connectivity index (χ4n) is 4.82. The molecule has 4 rings (SSSR count). The molecule has 2 heteroatoms. The van der Waals surface area contributed by atoms with Gasteiger partial charge in [-0.25, -0.2) is 0 Å². The maximum atomic E-state index is 13.4. The van der Waals surface area contributed by atoms with Crippen molar-refractivity contribution >= 4 is 5.78 Å². The van der Waals surface area contributed by atoms with Gasteiger partial charge in [-0.15, -0.1) is 0 Å². The molecule has 24 heavy (non-hydrogen) atoms. The molecule has 2 aliphatic rings. The number of ketones is 1. The molecule has 2 aromatic carbocycles. The van der Waals surface area contributed by atoms with Crippen LogP contribution in [-0.2, 0) is 6.42 Å². The van der Waals surface area contributed by atoms with Crippen molar-refractivity contribution in [3.63, 3.8) is 0 Å². The monoisotopic (exact) mass is 320 g/mol. The fourth-order valence-corrected chi connectivity index (χ4v) is 4.82. The number of rotatable bonds is 3. The number of ether oxygens (including phenoxy) is 1. The summed E-state index contributed by atoms with van der Waals surface area (Å²) in [5, 5.41) is 0. The van der Waals surface area contributed by atoms with Crippen LogP contribution in [0.15, 0.2) is 48.5 Å². The van der Waals surface area contributed by atoms with E-state index in [1.165, 1.54) is 24.0 Å². The van der Waals surface area contributed by atoms with Gasteiger partial charge in [0.1, 0.15) is 5.75 Å². The summed E-state index contributed by atoms with van der Waals surface area (Å²) in [7, 11) is 1.69. The molecule has 0 aromatic heterocycles. The molecule has 2 atom stereocenters. The first kappa shape index (κ1) is 15.4. The minimum atomic E-state index is -0.241. The second-order valence-corrected chi connectivity index (χ2v) is 7.25. The normalized spacial score (nSPS) is 25.7. The molecular formula is C22H24O2. The Morgan fingerprint density at radius 1 is 1.04 bits per heavy atom. The quantitative estimate of drug-likeness (QED) is 0.780. The Kier molecular flexibility index (Phi) is 3.91. The predicted molar refractivity (Wildman–Crippen MR) is 95.7 cm³/mol. The Morgan fingerprint density at radius 3 is 2.62 bits per heavy atom. The van der Waals surface area contributed by atoms with Crippen LogP contribution >= 0.6 is 0 Å². The van der Waals surface area contributed by atoms with Crippen LogP contribution in [0.4, 0.5) is 0 Å². The lowest BCUT2D eigenvalue weighted by molar-refractivity contribution is 0.0762. The van der Waals surface area contributed by atoms with E-state index in [1.807, 2.05) is 24.3 Å². The molecule has 0 aliphatic heterocycles. The van der Waals surface area contributed by atoms with Crippen LogP contribution in [0.1, 0.15) is 59.5 Å². The number of fused-ring (bicyclic) bond motifs is 3. The molecule has 0 spiro atoms. The van der Waals surface area contributed by atoms with E-state index in [1.54, 1.807) is 7.11 Å². The lowest BCUT2D eigenvalue weighted by atomic mass is 9.68. The van der Waals surface area contributed by atoms with E-state index >= 15 is 0 Å². The third-order valence-electron chi connectivity index (χ3n) is 5.99. The average Bonchev–Trinajstić information content (AvgIpc) is 2.77. The predicted octanol–water partition coefficient (Wildman–Crippen LogP) is 5.17. The molecule has 0 amide bonds. The van der Waals surface area contributed by atoms with Crippen LogP contribution in [0.25, 0.3) is 0 Å². The van der Waals surface area contributed by atoms with Crippen LogP contribution in [0.2, 0.25) is 0 Å². The second kappa shape index (κ2) is 6.08. The van der Waals surface area contributed by atoms with Gasteiger partial charge in [0.15, 0.2) is 5.78 Å². The Labute approximate surface area is 143 Å². The van der Waals surface area contributed by atoms with Crippen molar-refractivity contribution in [1.29, 1.82) is 0 Å². The van der Waals surface area contributed by atoms with Crippen molar-refractivity contribution in [2.75, 3.05) is 7.11 Å². The Balaban J connectivity index is 1.75. The SMILES string of the molecule is COc1ccc(CC23CCCCCC2c2ccccc2C3=O)cc1. The Bertz CT molecular complexity index is 747. The molecule has 0 saturated heterocycles. The molecule has 2 aliphatic carbocycles. The maximum absolute atomic E-state index is 13.4. The van der Waals surface area contributed by atoms with Gasteiger partial charge in [-0.3, -0.25) is 4.79 Å². The summed E-state index contributed by atoms with van der Waals surface area (Å²) in [6.45, 7) is 0. The van der Waals surface area contributed by atoms with Crippen molar-refractivity contribution < 1.29 is 9.53 Å². The van der Waals surface area contributed by atoms with E-state index in [4.69, 9.17) is 4.74 Å². The Morgan fingerprint density at radius 2 is 1.83 bits per heavy atom. The smallest absolute Gasteiger partial charge is 0.170 e. The maximum Gasteiger partial charge on any atom is 0.170 e. The highest BCUT2D eigenvalue weighted by Crippen LogP contribution is 2.55. The van der Waals surface area contributed by atoms with Gasteiger partial charge < -0.3 is 4.74 Å². The van der Waals surface area contributed by atoms with Gasteiger partial charge in [-0.1, -0.05) is 55.7 Å². The minimum Gasteiger partial charge on any atom is -0.497 e. The van der Waals surface area contributed by atoms with E-state index in [-0.39, 0.29) is 5.41 Å². The highest BCUT2D eigenvalue weighted by Gasteiger charge is 2.52. The summed E-state index contributed by atoms with van der Waals surface area (Å²) in [4.78, 5) is 13.4. The van der Waals surface area contributed by atoms with Crippen molar-refractivity contribution in [3.05, 3.63) is 65.2 Å². The van der Waals surface area contributed by atoms with Crippen molar-refractivity contribution in [2.45, 2.75) is 44.4 Å². The zero-order valence-corrected chi connectivity index (χ0v) is 14.3. The highest BCUT2D eigenvalue weighted by molar-refractivity contribution is 6.06. The first-order valence-electron chi connectivity index (χ1n) is 9.01. The summed E-state index contributed by atoms with van der Waals surface area (Å²) in [5.41, 5.74) is 3.26. The van der Waals surface area contributed by atoms with Crippen LogP contribution < -0.4 is 4.74 Å². The highest BCUT2D eigenvalue weighted by atomic mass is 16.5. The summed E-state index contributed by atoms with van der Waals surface area (Å²) < 4.78 is 5.27. The summed E-state index contributed by atoms with van der Waals surface area (Å²) in [5.74, 6) is 1.63. The molecule has 2 unspecified atom stereocenters. The van der Waals surface area contributed by atoms with Crippen LogP contribution in [0.5, 0.6) is 5.75 Å². The van der Waals surface area contributed by atoms with Gasteiger partial charge in [-0.2, -0.15) is 0 Å². The molecule has 0 N–H and O–H groups in total. The molecule has 0 radical (unpaired) electrons. The summed E-state index contributed by atoms with van der Waals surface area (Å²) >= 11 is 0. The number of carbonyl (C=O) groups is 1. The van der Waals surface area contributed by atoms with E-state index in [9.17, 15) is 4.79 Å². The Hall–Kier alpha value is -2.09. The third kappa shape index (κ3) is 2.36. The lowest BCUT2D eigenvalue weighted by Gasteiger charge is -2.33. The zero-order valence-electron chi connectivity index (χ0n) is 14.3. The second-order valence-electron chi connectivity index (χ2n) is 7.25. The van der Waals surface area contributed by atoms with Crippen LogP contribution in [-0.4, -0.2) is 12.9 Å². The number of carbonyl (C=O) groups excluding carboxylic acids is 1. The van der Waals surface area contributed by atoms with E-state index < -0.39 is 0 Å². The molecule has 2 nitrogen and oxygen atoms in total. The molecule has 2 aromatic rings. The van der Waals surface area contributed by atoms with Crippen molar-refractivity contribution in [2.24, 2.45) is 5.41 Å². The van der Waals surface area contributed by atoms with Gasteiger partial charge in [-0.05, 0) is 48.4 Å². The van der Waals surface area contributed by atoms with E-state index in [0.717, 1.165) is 37.0 Å². The summed E-state index contributed by atoms with van der Waals surface area (Å²) in [6, 6.07) is 16.5. The molecule has 1 fully saturated rings. The van der Waals surface area contributed by atoms with Gasteiger partial charge in [0.05, 0.1) is 7.11 Å². The largest absolute Gasteiger partial charge is 0.497 e. The standard InChI is InChI=1S/C22H24O2/c1-24-17-12-10-16(11-13-17)15-22-14-6-2-3-9-20(22)18-7-4-5-8-19(18)21(22)23/h4-5,7-8,10-13,20H,2-3,6,9,14-15H2,1H3. The number of Topliss-reactive ketones (excluding diaryl/α,β-unsaturated/α-hetero) is 1. The number of hydrogen-bond acceptors (Lipinski definition) is 2. The van der Waals surface area contributed by atoms with Gasteiger partial charge >= 0.3 is 0 Å². The van der Waals surface area contributed by atoms with Crippen molar-refractivity contribution in [3.8, 4) is 5.75 Å².